The number of hydrogen-bond donors (Lipinski definition) is 2. The summed E-state index contributed by atoms with van der Waals surface area (Å²) in [6, 6.07) is -0.0254. The van der Waals surface area contributed by atoms with Crippen LogP contribution in [0.25, 0.3) is 0 Å². The molecular weight excluding hydrogens is 208 g/mol. The Morgan fingerprint density at radius 3 is 2.81 bits per heavy atom. The summed E-state index contributed by atoms with van der Waals surface area (Å²) in [5.41, 5.74) is 0. The maximum atomic E-state index is 11.1. The van der Waals surface area contributed by atoms with E-state index < -0.39 is 12.0 Å². The zero-order valence-corrected chi connectivity index (χ0v) is 10.3. The molecule has 1 rings (SSSR count). The van der Waals surface area contributed by atoms with Crippen molar-refractivity contribution in [1.82, 2.24) is 10.2 Å². The Kier molecular flexibility index (Phi) is 5.18. The van der Waals surface area contributed by atoms with Gasteiger partial charge in [0.2, 0.25) is 0 Å². The van der Waals surface area contributed by atoms with E-state index in [-0.39, 0.29) is 6.04 Å². The summed E-state index contributed by atoms with van der Waals surface area (Å²) in [6.45, 7) is 8.71. The predicted octanol–water partition coefficient (Wildman–Crippen LogP) is 0.158. The van der Waals surface area contributed by atoms with Gasteiger partial charge in [-0.3, -0.25) is 9.69 Å². The molecule has 1 saturated heterocycles. The molecule has 1 aliphatic heterocycles. The van der Waals surface area contributed by atoms with Gasteiger partial charge in [0.25, 0.3) is 0 Å². The van der Waals surface area contributed by atoms with E-state index in [0.29, 0.717) is 25.8 Å². The minimum absolute atomic E-state index is 0.178. The number of nitrogens with zero attached hydrogens (tertiary/aromatic N) is 1. The maximum Gasteiger partial charge on any atom is 0.322 e. The first kappa shape index (κ1) is 13.4. The number of carbonyl (C=O) groups is 1. The first-order chi connectivity index (χ1) is 7.50. The van der Waals surface area contributed by atoms with Gasteiger partial charge in [0.15, 0.2) is 0 Å². The van der Waals surface area contributed by atoms with Crippen molar-refractivity contribution in [2.45, 2.75) is 38.9 Å². The zero-order valence-electron chi connectivity index (χ0n) is 10.3. The van der Waals surface area contributed by atoms with Crippen molar-refractivity contribution in [3.63, 3.8) is 0 Å². The summed E-state index contributed by atoms with van der Waals surface area (Å²) in [5, 5.41) is 12.2. The first-order valence-electron chi connectivity index (χ1n) is 5.81. The molecule has 0 bridgehead atoms. The van der Waals surface area contributed by atoms with Gasteiger partial charge in [0.1, 0.15) is 6.04 Å². The molecule has 0 aromatic rings. The smallest absolute Gasteiger partial charge is 0.322 e. The van der Waals surface area contributed by atoms with Crippen LogP contribution in [0.3, 0.4) is 0 Å². The normalized spacial score (nSPS) is 24.6. The lowest BCUT2D eigenvalue weighted by molar-refractivity contribution is -0.140. The van der Waals surface area contributed by atoms with E-state index in [4.69, 9.17) is 9.84 Å². The average Bonchev–Trinajstić information content (AvgIpc) is 2.19. The van der Waals surface area contributed by atoms with Crippen molar-refractivity contribution in [1.29, 1.82) is 0 Å². The van der Waals surface area contributed by atoms with Crippen molar-refractivity contribution < 1.29 is 14.6 Å². The van der Waals surface area contributed by atoms with Gasteiger partial charge in [0.05, 0.1) is 13.2 Å². The Morgan fingerprint density at radius 2 is 2.31 bits per heavy atom. The number of aliphatic carboxylic acids is 1. The third-order valence-electron chi connectivity index (χ3n) is 2.75. The van der Waals surface area contributed by atoms with Gasteiger partial charge >= 0.3 is 5.97 Å². The zero-order chi connectivity index (χ0) is 12.1. The second-order valence-corrected chi connectivity index (χ2v) is 4.63. The van der Waals surface area contributed by atoms with Crippen molar-refractivity contribution in [3.8, 4) is 0 Å². The molecule has 0 amide bonds. The largest absolute Gasteiger partial charge is 0.480 e. The van der Waals surface area contributed by atoms with Gasteiger partial charge in [-0.25, -0.2) is 0 Å². The number of carboxylic acids is 1. The number of ether oxygens (including phenoxy) is 1. The van der Waals surface area contributed by atoms with E-state index in [0.717, 1.165) is 6.54 Å². The molecule has 2 atom stereocenters. The molecule has 5 nitrogen and oxygen atoms in total. The highest BCUT2D eigenvalue weighted by Gasteiger charge is 2.26. The summed E-state index contributed by atoms with van der Waals surface area (Å²) < 4.78 is 5.33. The van der Waals surface area contributed by atoms with E-state index in [1.54, 1.807) is 0 Å². The molecule has 2 N–H and O–H groups in total. The average molecular weight is 230 g/mol. The van der Waals surface area contributed by atoms with Gasteiger partial charge in [-0.2, -0.15) is 0 Å². The lowest BCUT2D eigenvalue weighted by Gasteiger charge is -2.35. The summed E-state index contributed by atoms with van der Waals surface area (Å²) in [5.74, 6) is -0.785. The molecule has 0 spiro atoms. The molecule has 5 heteroatoms. The fourth-order valence-corrected chi connectivity index (χ4v) is 1.87. The van der Waals surface area contributed by atoms with E-state index in [9.17, 15) is 4.79 Å². The van der Waals surface area contributed by atoms with Gasteiger partial charge in [-0.1, -0.05) is 13.8 Å². The topological polar surface area (TPSA) is 61.8 Å². The number of morpholine rings is 1. The fraction of sp³-hybridized carbons (Fsp3) is 0.909. The third kappa shape index (κ3) is 4.08. The first-order valence-corrected chi connectivity index (χ1v) is 5.81. The third-order valence-corrected chi connectivity index (χ3v) is 2.75. The van der Waals surface area contributed by atoms with Gasteiger partial charge in [-0.05, 0) is 6.92 Å². The fourth-order valence-electron chi connectivity index (χ4n) is 1.87. The van der Waals surface area contributed by atoms with Crippen LogP contribution in [0.5, 0.6) is 0 Å². The van der Waals surface area contributed by atoms with E-state index >= 15 is 0 Å². The minimum atomic E-state index is -0.785. The highest BCUT2D eigenvalue weighted by atomic mass is 16.5. The number of nitrogens with one attached hydrogen (secondary N) is 1. The molecule has 1 aliphatic rings. The Balaban J connectivity index is 2.49. The van der Waals surface area contributed by atoms with Crippen molar-refractivity contribution in [2.75, 3.05) is 26.3 Å². The Hall–Kier alpha value is -0.650. The Morgan fingerprint density at radius 1 is 1.62 bits per heavy atom. The molecular formula is C11H22N2O3. The van der Waals surface area contributed by atoms with Crippen LogP contribution in [0.1, 0.15) is 20.8 Å². The summed E-state index contributed by atoms with van der Waals surface area (Å²) in [4.78, 5) is 13.3. The molecule has 94 valence electrons. The highest BCUT2D eigenvalue weighted by molar-refractivity contribution is 5.73. The van der Waals surface area contributed by atoms with Crippen LogP contribution in [-0.4, -0.2) is 60.4 Å². The molecule has 16 heavy (non-hydrogen) atoms. The summed E-state index contributed by atoms with van der Waals surface area (Å²) in [7, 11) is 0. The van der Waals surface area contributed by atoms with Crippen molar-refractivity contribution in [2.24, 2.45) is 0 Å². The van der Waals surface area contributed by atoms with Crippen LogP contribution < -0.4 is 5.32 Å². The second-order valence-electron chi connectivity index (χ2n) is 4.63. The second kappa shape index (κ2) is 6.18. The number of carboxylic acid groups (broad SMARTS) is 1. The van der Waals surface area contributed by atoms with Crippen LogP contribution in [0.15, 0.2) is 0 Å². The standard InChI is InChI=1S/C11H22N2O3/c1-8(2)12-10(11(14)15)6-13-4-5-16-7-9(13)3/h8-10,12H,4-7H2,1-3H3,(H,14,15). The van der Waals surface area contributed by atoms with Crippen molar-refractivity contribution >= 4 is 5.97 Å². The van der Waals surface area contributed by atoms with Crippen LogP contribution in [0.2, 0.25) is 0 Å². The quantitative estimate of drug-likeness (QED) is 0.704. The molecule has 1 heterocycles. The Bertz CT molecular complexity index is 233. The van der Waals surface area contributed by atoms with Crippen LogP contribution in [0.4, 0.5) is 0 Å². The lowest BCUT2D eigenvalue weighted by Crippen LogP contribution is -2.53. The van der Waals surface area contributed by atoms with Gasteiger partial charge < -0.3 is 15.2 Å². The van der Waals surface area contributed by atoms with Crippen LogP contribution >= 0.6 is 0 Å². The van der Waals surface area contributed by atoms with Crippen LogP contribution in [0, 0.1) is 0 Å². The molecule has 0 aliphatic carbocycles. The molecule has 0 aromatic heterocycles. The summed E-state index contributed by atoms with van der Waals surface area (Å²) >= 11 is 0. The molecule has 2 unspecified atom stereocenters. The highest BCUT2D eigenvalue weighted by Crippen LogP contribution is 2.07. The molecule has 1 fully saturated rings. The predicted molar refractivity (Wildman–Crippen MR) is 61.5 cm³/mol. The molecule has 0 radical (unpaired) electrons. The van der Waals surface area contributed by atoms with Crippen molar-refractivity contribution in [3.05, 3.63) is 0 Å². The van der Waals surface area contributed by atoms with Gasteiger partial charge in [-0.15, -0.1) is 0 Å². The van der Waals surface area contributed by atoms with Crippen LogP contribution in [-0.2, 0) is 9.53 Å². The molecule has 0 saturated carbocycles. The van der Waals surface area contributed by atoms with E-state index in [2.05, 4.69) is 17.1 Å². The number of hydrogen-bond acceptors (Lipinski definition) is 4. The van der Waals surface area contributed by atoms with E-state index in [1.165, 1.54) is 0 Å². The monoisotopic (exact) mass is 230 g/mol. The van der Waals surface area contributed by atoms with Gasteiger partial charge in [0, 0.05) is 25.2 Å². The molecule has 0 aromatic carbocycles. The Labute approximate surface area is 96.8 Å². The lowest BCUT2D eigenvalue weighted by atomic mass is 10.2. The maximum absolute atomic E-state index is 11.1. The summed E-state index contributed by atoms with van der Waals surface area (Å²) in [6.07, 6.45) is 0. The SMILES string of the molecule is CC(C)NC(CN1CCOCC1C)C(=O)O. The number of rotatable bonds is 5. The van der Waals surface area contributed by atoms with E-state index in [1.807, 2.05) is 13.8 Å². The minimum Gasteiger partial charge on any atom is -0.480 e.